The second-order valence-electron chi connectivity index (χ2n) is 7.63. The summed E-state index contributed by atoms with van der Waals surface area (Å²) < 4.78 is 7.63. The van der Waals surface area contributed by atoms with Crippen molar-refractivity contribution in [3.8, 4) is 17.0 Å². The molecule has 0 fully saturated rings. The van der Waals surface area contributed by atoms with Crippen LogP contribution in [0.15, 0.2) is 48.5 Å². The highest BCUT2D eigenvalue weighted by Crippen LogP contribution is 2.38. The maximum absolute atomic E-state index is 12.8. The summed E-state index contributed by atoms with van der Waals surface area (Å²) in [4.78, 5) is 15.2. The zero-order valence-corrected chi connectivity index (χ0v) is 16.5. The highest BCUT2D eigenvalue weighted by Gasteiger charge is 2.28. The molecule has 1 N–H and O–H groups in total. The molecule has 29 heavy (non-hydrogen) atoms. The molecule has 0 saturated heterocycles. The normalized spacial score (nSPS) is 15.1. The average Bonchev–Trinajstić information content (AvgIpc) is 3.11. The Balaban J connectivity index is 1.25. The van der Waals surface area contributed by atoms with E-state index in [9.17, 15) is 4.79 Å². The van der Waals surface area contributed by atoms with Crippen LogP contribution in [0.4, 0.5) is 0 Å². The van der Waals surface area contributed by atoms with Crippen LogP contribution in [-0.4, -0.2) is 40.2 Å². The molecule has 3 aromatic rings. The van der Waals surface area contributed by atoms with Crippen molar-refractivity contribution in [3.63, 3.8) is 0 Å². The predicted molar refractivity (Wildman–Crippen MR) is 111 cm³/mol. The molecule has 1 aromatic heterocycles. The fraction of sp³-hybridized carbons (Fsp3) is 0.304. The fourth-order valence-corrected chi connectivity index (χ4v) is 4.32. The molecule has 0 bridgehead atoms. The first-order chi connectivity index (χ1) is 14.2. The summed E-state index contributed by atoms with van der Waals surface area (Å²) in [7, 11) is 1.88. The minimum absolute atomic E-state index is 0.137. The Labute approximate surface area is 170 Å². The van der Waals surface area contributed by atoms with Gasteiger partial charge in [-0.1, -0.05) is 36.4 Å². The number of fused-ring (bicyclic) bond motifs is 4. The zero-order chi connectivity index (χ0) is 19.8. The Kier molecular flexibility index (Phi) is 4.56. The summed E-state index contributed by atoms with van der Waals surface area (Å²) in [6.45, 7) is 3.76. The molecule has 0 atom stereocenters. The van der Waals surface area contributed by atoms with Crippen LogP contribution in [0.2, 0.25) is 0 Å². The van der Waals surface area contributed by atoms with Crippen LogP contribution in [-0.2, 0) is 26.6 Å². The van der Waals surface area contributed by atoms with Gasteiger partial charge in [0.25, 0.3) is 5.91 Å². The van der Waals surface area contributed by atoms with Gasteiger partial charge in [0, 0.05) is 44.4 Å². The minimum Gasteiger partial charge on any atom is -0.488 e. The van der Waals surface area contributed by atoms with Crippen molar-refractivity contribution in [3.05, 3.63) is 70.9 Å². The number of aromatic nitrogens is 2. The van der Waals surface area contributed by atoms with Crippen molar-refractivity contribution in [2.75, 3.05) is 19.6 Å². The average molecular weight is 388 g/mol. The van der Waals surface area contributed by atoms with Gasteiger partial charge in [-0.05, 0) is 29.7 Å². The first kappa shape index (κ1) is 17.9. The maximum Gasteiger partial charge on any atom is 0.272 e. The van der Waals surface area contributed by atoms with Gasteiger partial charge in [0.2, 0.25) is 0 Å². The summed E-state index contributed by atoms with van der Waals surface area (Å²) in [5.74, 6) is 0.697. The first-order valence-electron chi connectivity index (χ1n) is 10.1. The lowest BCUT2D eigenvalue weighted by atomic mass is 10.00. The van der Waals surface area contributed by atoms with E-state index in [0.29, 0.717) is 18.8 Å². The number of rotatable bonds is 4. The highest BCUT2D eigenvalue weighted by atomic mass is 16.5. The molecule has 0 radical (unpaired) electrons. The largest absolute Gasteiger partial charge is 0.488 e. The molecule has 2 aromatic carbocycles. The second-order valence-corrected chi connectivity index (χ2v) is 7.63. The van der Waals surface area contributed by atoms with E-state index in [0.717, 1.165) is 48.6 Å². The van der Waals surface area contributed by atoms with Crippen molar-refractivity contribution in [1.29, 1.82) is 0 Å². The third-order valence-electron chi connectivity index (χ3n) is 5.80. The Bertz CT molecular complexity index is 1070. The number of nitrogens with zero attached hydrogens (tertiary/aromatic N) is 3. The number of hydrogen-bond acceptors (Lipinski definition) is 4. The van der Waals surface area contributed by atoms with Gasteiger partial charge in [-0.15, -0.1) is 0 Å². The molecule has 5 rings (SSSR count). The lowest BCUT2D eigenvalue weighted by Gasteiger charge is -2.28. The van der Waals surface area contributed by atoms with E-state index in [-0.39, 0.29) is 5.91 Å². The SMILES string of the molecule is Cn1nc(C(=O)NCCN2CCc3ccccc3C2)c2c1-c1ccccc1OC2. The van der Waals surface area contributed by atoms with Crippen LogP contribution >= 0.6 is 0 Å². The van der Waals surface area contributed by atoms with Crippen molar-refractivity contribution in [1.82, 2.24) is 20.0 Å². The van der Waals surface area contributed by atoms with Crippen molar-refractivity contribution < 1.29 is 9.53 Å². The number of nitrogens with one attached hydrogen (secondary N) is 1. The molecule has 0 unspecified atom stereocenters. The van der Waals surface area contributed by atoms with Gasteiger partial charge in [0.05, 0.1) is 5.69 Å². The summed E-state index contributed by atoms with van der Waals surface area (Å²) in [5, 5.41) is 7.54. The molecule has 6 heteroatoms. The summed E-state index contributed by atoms with van der Waals surface area (Å²) in [6, 6.07) is 16.5. The molecular weight excluding hydrogens is 364 g/mol. The molecule has 1 amide bonds. The van der Waals surface area contributed by atoms with Crippen LogP contribution in [0, 0.1) is 0 Å². The third kappa shape index (κ3) is 3.29. The predicted octanol–water partition coefficient (Wildman–Crippen LogP) is 2.77. The van der Waals surface area contributed by atoms with Crippen LogP contribution < -0.4 is 10.1 Å². The Morgan fingerprint density at radius 2 is 1.93 bits per heavy atom. The number of ether oxygens (including phenoxy) is 1. The standard InChI is InChI=1S/C23H24N4O2/c1-26-22-18-8-4-5-9-20(18)29-15-19(22)21(25-26)23(28)24-11-13-27-12-10-16-6-2-3-7-17(16)14-27/h2-9H,10-15H2,1H3,(H,24,28). The maximum atomic E-state index is 12.8. The molecule has 2 aliphatic rings. The van der Waals surface area contributed by atoms with E-state index in [1.807, 2.05) is 31.3 Å². The van der Waals surface area contributed by atoms with Gasteiger partial charge in [-0.3, -0.25) is 14.4 Å². The fourth-order valence-electron chi connectivity index (χ4n) is 4.32. The number of para-hydroxylation sites is 1. The van der Waals surface area contributed by atoms with Crippen molar-refractivity contribution >= 4 is 5.91 Å². The first-order valence-corrected chi connectivity index (χ1v) is 10.1. The number of carbonyl (C=O) groups is 1. The van der Waals surface area contributed by atoms with E-state index in [4.69, 9.17) is 4.74 Å². The number of aryl methyl sites for hydroxylation is 1. The van der Waals surface area contributed by atoms with Crippen LogP contribution in [0.25, 0.3) is 11.3 Å². The van der Waals surface area contributed by atoms with Gasteiger partial charge in [0.15, 0.2) is 5.69 Å². The lowest BCUT2D eigenvalue weighted by Crippen LogP contribution is -2.38. The smallest absolute Gasteiger partial charge is 0.272 e. The Morgan fingerprint density at radius 3 is 2.83 bits per heavy atom. The van der Waals surface area contributed by atoms with Gasteiger partial charge in [-0.25, -0.2) is 0 Å². The number of hydrogen-bond donors (Lipinski definition) is 1. The minimum atomic E-state index is -0.137. The molecule has 6 nitrogen and oxygen atoms in total. The Hall–Kier alpha value is -3.12. The van der Waals surface area contributed by atoms with E-state index in [1.54, 1.807) is 4.68 Å². The van der Waals surface area contributed by atoms with E-state index in [2.05, 4.69) is 39.6 Å². The number of benzene rings is 2. The molecule has 0 saturated carbocycles. The summed E-state index contributed by atoms with van der Waals surface area (Å²) in [5.41, 5.74) is 6.09. The monoisotopic (exact) mass is 388 g/mol. The third-order valence-corrected chi connectivity index (χ3v) is 5.80. The molecule has 3 heterocycles. The van der Waals surface area contributed by atoms with E-state index >= 15 is 0 Å². The summed E-state index contributed by atoms with van der Waals surface area (Å²) >= 11 is 0. The topological polar surface area (TPSA) is 59.4 Å². The molecule has 2 aliphatic heterocycles. The Morgan fingerprint density at radius 1 is 1.14 bits per heavy atom. The van der Waals surface area contributed by atoms with Gasteiger partial charge in [0.1, 0.15) is 12.4 Å². The number of carbonyl (C=O) groups excluding carboxylic acids is 1. The van der Waals surface area contributed by atoms with Gasteiger partial charge < -0.3 is 10.1 Å². The lowest BCUT2D eigenvalue weighted by molar-refractivity contribution is 0.0939. The molecule has 0 aliphatic carbocycles. The molecule has 148 valence electrons. The second kappa shape index (κ2) is 7.37. The summed E-state index contributed by atoms with van der Waals surface area (Å²) in [6.07, 6.45) is 1.06. The molecule has 0 spiro atoms. The van der Waals surface area contributed by atoms with Crippen LogP contribution in [0.5, 0.6) is 5.75 Å². The van der Waals surface area contributed by atoms with Gasteiger partial charge >= 0.3 is 0 Å². The molecular formula is C23H24N4O2. The van der Waals surface area contributed by atoms with Crippen molar-refractivity contribution in [2.45, 2.75) is 19.6 Å². The highest BCUT2D eigenvalue weighted by molar-refractivity contribution is 5.96. The zero-order valence-electron chi connectivity index (χ0n) is 16.5. The van der Waals surface area contributed by atoms with Crippen LogP contribution in [0.3, 0.4) is 0 Å². The van der Waals surface area contributed by atoms with E-state index < -0.39 is 0 Å². The quantitative estimate of drug-likeness (QED) is 0.747. The van der Waals surface area contributed by atoms with Crippen molar-refractivity contribution in [2.24, 2.45) is 7.05 Å². The van der Waals surface area contributed by atoms with E-state index in [1.165, 1.54) is 11.1 Å². The number of amides is 1. The van der Waals surface area contributed by atoms with Crippen LogP contribution in [0.1, 0.15) is 27.2 Å². The van der Waals surface area contributed by atoms with Gasteiger partial charge in [-0.2, -0.15) is 5.10 Å².